The third kappa shape index (κ3) is 9.23. The number of hydrogen-bond acceptors (Lipinski definition) is 8. The molecule has 2 rings (SSSR count). The lowest BCUT2D eigenvalue weighted by molar-refractivity contribution is -0.384. The van der Waals surface area contributed by atoms with Crippen LogP contribution in [0.4, 0.5) is 11.4 Å². The van der Waals surface area contributed by atoms with Crippen LogP contribution in [0.3, 0.4) is 0 Å². The summed E-state index contributed by atoms with van der Waals surface area (Å²) in [4.78, 5) is 84.7. The molecule has 1 aromatic heterocycles. The summed E-state index contributed by atoms with van der Waals surface area (Å²) in [6, 6.07) is 6.26. The van der Waals surface area contributed by atoms with Crippen molar-refractivity contribution >= 4 is 40.8 Å². The van der Waals surface area contributed by atoms with Crippen molar-refractivity contribution in [1.29, 1.82) is 0 Å². The van der Waals surface area contributed by atoms with Gasteiger partial charge in [-0.1, -0.05) is 32.8 Å². The van der Waals surface area contributed by atoms with Gasteiger partial charge in [-0.25, -0.2) is 0 Å². The van der Waals surface area contributed by atoms with Crippen molar-refractivity contribution in [2.45, 2.75) is 46.6 Å². The van der Waals surface area contributed by atoms with Crippen LogP contribution in [-0.4, -0.2) is 45.4 Å². The SMILES string of the molecule is CCC(CC)CNC(=O)Cn1cccc(NC(=O)/C(=C\CC(=O)C(N)=O)NC(=O)c2cc([N+](=O)[O-])ccc2C)c1=O. The van der Waals surface area contributed by atoms with E-state index >= 15 is 0 Å². The molecule has 0 spiro atoms. The van der Waals surface area contributed by atoms with Crippen LogP contribution in [0.25, 0.3) is 0 Å². The summed E-state index contributed by atoms with van der Waals surface area (Å²) in [5, 5.41) is 18.5. The number of non-ortho nitro benzene ring substituents is 1. The Morgan fingerprint density at radius 3 is 2.41 bits per heavy atom. The molecule has 0 atom stereocenters. The van der Waals surface area contributed by atoms with E-state index in [1.807, 2.05) is 13.8 Å². The van der Waals surface area contributed by atoms with Gasteiger partial charge in [0.25, 0.3) is 29.0 Å². The Bertz CT molecular complexity index is 1440. The highest BCUT2D eigenvalue weighted by Crippen LogP contribution is 2.18. The maximum atomic E-state index is 13.1. The van der Waals surface area contributed by atoms with Gasteiger partial charge in [0.05, 0.1) is 4.92 Å². The predicted octanol–water partition coefficient (Wildman–Crippen LogP) is 1.31. The summed E-state index contributed by atoms with van der Waals surface area (Å²) in [7, 11) is 0. The second kappa shape index (κ2) is 14.9. The zero-order chi connectivity index (χ0) is 30.7. The van der Waals surface area contributed by atoms with Gasteiger partial charge in [0.1, 0.15) is 17.9 Å². The Morgan fingerprint density at radius 2 is 1.80 bits per heavy atom. The van der Waals surface area contributed by atoms with Gasteiger partial charge in [-0.2, -0.15) is 0 Å². The van der Waals surface area contributed by atoms with Crippen molar-refractivity contribution in [3.8, 4) is 0 Å². The number of nitrogens with one attached hydrogen (secondary N) is 3. The van der Waals surface area contributed by atoms with Crippen LogP contribution in [0.5, 0.6) is 0 Å². The average Bonchev–Trinajstić information content (AvgIpc) is 2.93. The predicted molar refractivity (Wildman–Crippen MR) is 149 cm³/mol. The average molecular weight is 569 g/mol. The first-order valence-corrected chi connectivity index (χ1v) is 12.7. The number of benzene rings is 1. The lowest BCUT2D eigenvalue weighted by Crippen LogP contribution is -2.36. The minimum absolute atomic E-state index is 0.124. The molecule has 0 saturated heterocycles. The monoisotopic (exact) mass is 568 g/mol. The molecule has 0 aliphatic rings. The van der Waals surface area contributed by atoms with Gasteiger partial charge < -0.3 is 26.3 Å². The molecule has 0 saturated carbocycles. The topological polar surface area (TPSA) is 213 Å². The van der Waals surface area contributed by atoms with E-state index in [2.05, 4.69) is 16.0 Å². The molecular formula is C27H32N6O8. The molecule has 0 radical (unpaired) electrons. The third-order valence-corrected chi connectivity index (χ3v) is 6.26. The number of amides is 4. The molecule has 5 N–H and O–H groups in total. The molecule has 0 fully saturated rings. The van der Waals surface area contributed by atoms with Crippen molar-refractivity contribution in [1.82, 2.24) is 15.2 Å². The number of nitrogens with two attached hydrogens (primary N) is 1. The number of primary amides is 1. The number of pyridine rings is 1. The van der Waals surface area contributed by atoms with Crippen molar-refractivity contribution in [2.75, 3.05) is 11.9 Å². The number of nitro benzene ring substituents is 1. The second-order valence-corrected chi connectivity index (χ2v) is 9.12. The lowest BCUT2D eigenvalue weighted by atomic mass is 10.0. The second-order valence-electron chi connectivity index (χ2n) is 9.12. The van der Waals surface area contributed by atoms with E-state index in [0.29, 0.717) is 18.0 Å². The fourth-order valence-corrected chi connectivity index (χ4v) is 3.65. The van der Waals surface area contributed by atoms with Crippen molar-refractivity contribution in [3.63, 3.8) is 0 Å². The number of allylic oxidation sites excluding steroid dienone is 1. The van der Waals surface area contributed by atoms with Gasteiger partial charge in [0, 0.05) is 36.9 Å². The highest BCUT2D eigenvalue weighted by atomic mass is 16.6. The zero-order valence-corrected chi connectivity index (χ0v) is 22.9. The van der Waals surface area contributed by atoms with Crippen molar-refractivity contribution in [3.05, 3.63) is 79.9 Å². The van der Waals surface area contributed by atoms with Crippen LogP contribution in [0, 0.1) is 23.0 Å². The van der Waals surface area contributed by atoms with Crippen LogP contribution in [0.15, 0.2) is 53.1 Å². The number of Topliss-reactive ketones (excluding diaryl/α,β-unsaturated/α-hetero) is 1. The minimum atomic E-state index is -1.27. The minimum Gasteiger partial charge on any atom is -0.363 e. The summed E-state index contributed by atoms with van der Waals surface area (Å²) in [6.07, 6.45) is 3.42. The first-order chi connectivity index (χ1) is 19.4. The smallest absolute Gasteiger partial charge is 0.285 e. The van der Waals surface area contributed by atoms with Crippen LogP contribution in [0.1, 0.15) is 49.0 Å². The maximum Gasteiger partial charge on any atom is 0.285 e. The van der Waals surface area contributed by atoms with Gasteiger partial charge in [0.15, 0.2) is 0 Å². The van der Waals surface area contributed by atoms with Gasteiger partial charge in [-0.3, -0.25) is 38.9 Å². The molecule has 0 aliphatic carbocycles. The number of aryl methyl sites for hydroxylation is 1. The fraction of sp³-hybridized carbons (Fsp3) is 0.333. The molecule has 1 aromatic carbocycles. The Hall–Kier alpha value is -5.14. The number of carbonyl (C=O) groups is 5. The normalized spacial score (nSPS) is 11.1. The van der Waals surface area contributed by atoms with E-state index in [0.717, 1.165) is 29.6 Å². The summed E-state index contributed by atoms with van der Waals surface area (Å²) in [5.74, 6) is -4.38. The van der Waals surface area contributed by atoms with Gasteiger partial charge in [-0.05, 0) is 36.6 Å². The Labute approximate surface area is 235 Å². The zero-order valence-electron chi connectivity index (χ0n) is 22.9. The number of anilines is 1. The Balaban J connectivity index is 2.30. The van der Waals surface area contributed by atoms with Crippen LogP contribution in [0.2, 0.25) is 0 Å². The first-order valence-electron chi connectivity index (χ1n) is 12.7. The molecular weight excluding hydrogens is 536 g/mol. The van der Waals surface area contributed by atoms with E-state index < -0.39 is 52.0 Å². The van der Waals surface area contributed by atoms with E-state index in [-0.39, 0.29) is 23.5 Å². The summed E-state index contributed by atoms with van der Waals surface area (Å²) < 4.78 is 1.09. The number of nitrogens with zero attached hydrogens (tertiary/aromatic N) is 2. The van der Waals surface area contributed by atoms with E-state index in [1.54, 1.807) is 0 Å². The largest absolute Gasteiger partial charge is 0.363 e. The van der Waals surface area contributed by atoms with E-state index in [1.165, 1.54) is 37.4 Å². The Morgan fingerprint density at radius 1 is 1.12 bits per heavy atom. The highest BCUT2D eigenvalue weighted by Gasteiger charge is 2.21. The van der Waals surface area contributed by atoms with Gasteiger partial charge in [0.2, 0.25) is 11.7 Å². The first kappa shape index (κ1) is 32.1. The molecule has 218 valence electrons. The summed E-state index contributed by atoms with van der Waals surface area (Å²) in [5.41, 5.74) is 3.35. The van der Waals surface area contributed by atoms with E-state index in [4.69, 9.17) is 5.73 Å². The number of carbonyl (C=O) groups excluding carboxylic acids is 5. The number of ketones is 1. The molecule has 4 amide bonds. The van der Waals surface area contributed by atoms with Crippen LogP contribution < -0.4 is 27.2 Å². The molecule has 14 nitrogen and oxygen atoms in total. The standard InChI is InChI=1S/C27H32N6O8/c1-4-17(5-2)14-29-23(35)15-32-12-6-7-21(27(32)39)31-26(38)20(10-11-22(34)24(28)36)30-25(37)19-13-18(33(40)41)9-8-16(19)3/h6-10,12-13,17H,4-5,11,14-15H2,1-3H3,(H2,28,36)(H,29,35)(H,30,37)(H,31,38)/b20-10+. The van der Waals surface area contributed by atoms with Crippen LogP contribution in [-0.2, 0) is 25.7 Å². The molecule has 0 aliphatic heterocycles. The Kier molecular flexibility index (Phi) is 11.6. The van der Waals surface area contributed by atoms with Crippen LogP contribution >= 0.6 is 0 Å². The molecule has 0 unspecified atom stereocenters. The van der Waals surface area contributed by atoms with Gasteiger partial charge in [-0.15, -0.1) is 0 Å². The summed E-state index contributed by atoms with van der Waals surface area (Å²) >= 11 is 0. The molecule has 41 heavy (non-hydrogen) atoms. The summed E-state index contributed by atoms with van der Waals surface area (Å²) in [6.45, 7) is 5.69. The van der Waals surface area contributed by atoms with Crippen molar-refractivity contribution < 1.29 is 28.9 Å². The lowest BCUT2D eigenvalue weighted by Gasteiger charge is -2.15. The number of hydrogen-bond donors (Lipinski definition) is 4. The highest BCUT2D eigenvalue weighted by molar-refractivity contribution is 6.36. The maximum absolute atomic E-state index is 13.1. The van der Waals surface area contributed by atoms with Crippen molar-refractivity contribution in [2.24, 2.45) is 11.7 Å². The molecule has 0 bridgehead atoms. The molecule has 1 heterocycles. The number of rotatable bonds is 14. The fourth-order valence-electron chi connectivity index (χ4n) is 3.65. The quantitative estimate of drug-likeness (QED) is 0.113. The van der Waals surface area contributed by atoms with E-state index in [9.17, 15) is 38.9 Å². The third-order valence-electron chi connectivity index (χ3n) is 6.26. The van der Waals surface area contributed by atoms with Gasteiger partial charge >= 0.3 is 0 Å². The molecule has 14 heteroatoms. The number of nitro groups is 1. The molecule has 2 aromatic rings. The number of aromatic nitrogens is 1.